The summed E-state index contributed by atoms with van der Waals surface area (Å²) in [6, 6.07) is 8.17. The zero-order valence-electron chi connectivity index (χ0n) is 11.6. The molecule has 0 aliphatic heterocycles. The molecule has 0 atom stereocenters. The maximum atomic E-state index is 5.40. The van der Waals surface area contributed by atoms with Crippen LogP contribution in [0.3, 0.4) is 0 Å². The molecule has 5 nitrogen and oxygen atoms in total. The van der Waals surface area contributed by atoms with Crippen molar-refractivity contribution in [1.29, 1.82) is 0 Å². The molecule has 6 heteroatoms. The molecule has 0 bridgehead atoms. The van der Waals surface area contributed by atoms with Gasteiger partial charge in [-0.05, 0) is 25.5 Å². The summed E-state index contributed by atoms with van der Waals surface area (Å²) >= 11 is 3.42. The number of halogens is 1. The van der Waals surface area contributed by atoms with E-state index in [2.05, 4.69) is 43.1 Å². The lowest BCUT2D eigenvalue weighted by atomic mass is 10.2. The van der Waals surface area contributed by atoms with Gasteiger partial charge in [0.2, 0.25) is 5.95 Å². The van der Waals surface area contributed by atoms with Gasteiger partial charge in [0.1, 0.15) is 0 Å². The summed E-state index contributed by atoms with van der Waals surface area (Å²) in [7, 11) is 0. The molecule has 2 aromatic rings. The minimum atomic E-state index is 0.346. The minimum Gasteiger partial charge on any atom is -0.464 e. The molecule has 20 heavy (non-hydrogen) atoms. The third kappa shape index (κ3) is 3.90. The number of hydrogen-bond acceptors (Lipinski definition) is 5. The summed E-state index contributed by atoms with van der Waals surface area (Å²) in [5.74, 6) is 1.15. The van der Waals surface area contributed by atoms with Crippen LogP contribution in [-0.2, 0) is 0 Å². The molecule has 0 unspecified atom stereocenters. The average Bonchev–Trinajstić information content (AvgIpc) is 2.46. The first kappa shape index (κ1) is 14.7. The van der Waals surface area contributed by atoms with Gasteiger partial charge < -0.3 is 10.1 Å². The Balaban J connectivity index is 2.34. The van der Waals surface area contributed by atoms with Gasteiger partial charge in [-0.1, -0.05) is 35.0 Å². The monoisotopic (exact) mass is 336 g/mol. The lowest BCUT2D eigenvalue weighted by molar-refractivity contribution is 0.312. The fourth-order valence-corrected chi connectivity index (χ4v) is 1.86. The minimum absolute atomic E-state index is 0.346. The first-order valence-electron chi connectivity index (χ1n) is 6.61. The highest BCUT2D eigenvalue weighted by Gasteiger charge is 2.09. The molecule has 0 aliphatic carbocycles. The van der Waals surface area contributed by atoms with Crippen molar-refractivity contribution in [3.8, 4) is 17.4 Å². The molecular weight excluding hydrogens is 320 g/mol. The molecule has 0 radical (unpaired) electrons. The predicted octanol–water partition coefficient (Wildman–Crippen LogP) is 3.52. The molecular formula is C14H17BrN4O. The standard InChI is InChI=1S/C14H17BrN4O/c1-3-9-16-13-17-12(18-14(19-13)20-4-2)10-5-7-11(15)8-6-10/h5-8H,3-4,9H2,1-2H3,(H,16,17,18,19). The first-order chi connectivity index (χ1) is 9.72. The molecule has 106 valence electrons. The van der Waals surface area contributed by atoms with Crippen molar-refractivity contribution in [2.24, 2.45) is 0 Å². The Kier molecular flexibility index (Phi) is 5.29. The largest absolute Gasteiger partial charge is 0.464 e. The van der Waals surface area contributed by atoms with Crippen LogP contribution in [0.1, 0.15) is 20.3 Å². The van der Waals surface area contributed by atoms with Gasteiger partial charge in [-0.25, -0.2) is 0 Å². The number of aromatic nitrogens is 3. The smallest absolute Gasteiger partial charge is 0.321 e. The molecule has 2 rings (SSSR count). The van der Waals surface area contributed by atoms with Gasteiger partial charge in [-0.3, -0.25) is 0 Å². The van der Waals surface area contributed by atoms with Crippen LogP contribution in [0, 0.1) is 0 Å². The molecule has 0 fully saturated rings. The lowest BCUT2D eigenvalue weighted by Crippen LogP contribution is -2.08. The van der Waals surface area contributed by atoms with Crippen LogP contribution in [0.5, 0.6) is 6.01 Å². The highest BCUT2D eigenvalue weighted by molar-refractivity contribution is 9.10. The Morgan fingerprint density at radius 2 is 1.85 bits per heavy atom. The molecule has 1 heterocycles. The second-order valence-corrected chi connectivity index (χ2v) is 5.05. The van der Waals surface area contributed by atoms with Crippen molar-refractivity contribution in [3.63, 3.8) is 0 Å². The maximum absolute atomic E-state index is 5.40. The van der Waals surface area contributed by atoms with Gasteiger partial charge in [0, 0.05) is 16.6 Å². The zero-order chi connectivity index (χ0) is 14.4. The van der Waals surface area contributed by atoms with Crippen molar-refractivity contribution in [2.45, 2.75) is 20.3 Å². The predicted molar refractivity (Wildman–Crippen MR) is 82.9 cm³/mol. The van der Waals surface area contributed by atoms with E-state index >= 15 is 0 Å². The van der Waals surface area contributed by atoms with E-state index in [1.165, 1.54) is 0 Å². The third-order valence-corrected chi connectivity index (χ3v) is 3.05. The van der Waals surface area contributed by atoms with Crippen molar-refractivity contribution in [2.75, 3.05) is 18.5 Å². The van der Waals surface area contributed by atoms with Crippen LogP contribution in [0.2, 0.25) is 0 Å². The number of hydrogen-bond donors (Lipinski definition) is 1. The van der Waals surface area contributed by atoms with Gasteiger partial charge in [0.15, 0.2) is 5.82 Å². The Hall–Kier alpha value is -1.69. The quantitative estimate of drug-likeness (QED) is 0.874. The molecule has 0 amide bonds. The molecule has 0 aliphatic rings. The highest BCUT2D eigenvalue weighted by atomic mass is 79.9. The number of nitrogens with zero attached hydrogens (tertiary/aromatic N) is 3. The van der Waals surface area contributed by atoms with Crippen molar-refractivity contribution in [3.05, 3.63) is 28.7 Å². The summed E-state index contributed by atoms with van der Waals surface area (Å²) in [5.41, 5.74) is 0.927. The van der Waals surface area contributed by atoms with E-state index in [0.717, 1.165) is 23.0 Å². The van der Waals surface area contributed by atoms with E-state index in [0.29, 0.717) is 24.4 Å². The number of ether oxygens (including phenoxy) is 1. The summed E-state index contributed by atoms with van der Waals surface area (Å²) in [5, 5.41) is 3.16. The molecule has 0 spiro atoms. The van der Waals surface area contributed by atoms with Crippen molar-refractivity contribution < 1.29 is 4.74 Å². The fraction of sp³-hybridized carbons (Fsp3) is 0.357. The number of anilines is 1. The molecule has 1 N–H and O–H groups in total. The van der Waals surface area contributed by atoms with E-state index in [9.17, 15) is 0 Å². The number of nitrogens with one attached hydrogen (secondary N) is 1. The van der Waals surface area contributed by atoms with Crippen LogP contribution in [0.15, 0.2) is 28.7 Å². The molecule has 1 aromatic carbocycles. The summed E-state index contributed by atoms with van der Waals surface area (Å²) in [6.07, 6.45) is 1.00. The van der Waals surface area contributed by atoms with Crippen LogP contribution in [0.25, 0.3) is 11.4 Å². The van der Waals surface area contributed by atoms with E-state index in [-0.39, 0.29) is 0 Å². The maximum Gasteiger partial charge on any atom is 0.321 e. The Bertz CT molecular complexity index is 560. The molecule has 1 aromatic heterocycles. The Morgan fingerprint density at radius 3 is 2.50 bits per heavy atom. The van der Waals surface area contributed by atoms with Crippen LogP contribution in [0.4, 0.5) is 5.95 Å². The number of benzene rings is 1. The van der Waals surface area contributed by atoms with Crippen molar-refractivity contribution in [1.82, 2.24) is 15.0 Å². The third-order valence-electron chi connectivity index (χ3n) is 2.52. The van der Waals surface area contributed by atoms with E-state index in [4.69, 9.17) is 4.74 Å². The molecule has 0 saturated carbocycles. The summed E-state index contributed by atoms with van der Waals surface area (Å²) in [4.78, 5) is 13.0. The highest BCUT2D eigenvalue weighted by Crippen LogP contribution is 2.21. The molecule has 0 saturated heterocycles. The van der Waals surface area contributed by atoms with Gasteiger partial charge in [0.25, 0.3) is 0 Å². The van der Waals surface area contributed by atoms with E-state index in [1.54, 1.807) is 0 Å². The van der Waals surface area contributed by atoms with Gasteiger partial charge in [0.05, 0.1) is 6.61 Å². The summed E-state index contributed by atoms with van der Waals surface area (Å²) < 4.78 is 6.42. The van der Waals surface area contributed by atoms with Gasteiger partial charge in [-0.2, -0.15) is 15.0 Å². The number of rotatable bonds is 6. The summed E-state index contributed by atoms with van der Waals surface area (Å²) in [6.45, 7) is 5.34. The fourth-order valence-electron chi connectivity index (χ4n) is 1.59. The van der Waals surface area contributed by atoms with Gasteiger partial charge >= 0.3 is 6.01 Å². The van der Waals surface area contributed by atoms with Gasteiger partial charge in [-0.15, -0.1) is 0 Å². The average molecular weight is 337 g/mol. The normalized spacial score (nSPS) is 10.3. The van der Waals surface area contributed by atoms with Crippen molar-refractivity contribution >= 4 is 21.9 Å². The first-order valence-corrected chi connectivity index (χ1v) is 7.41. The van der Waals surface area contributed by atoms with Crippen LogP contribution < -0.4 is 10.1 Å². The zero-order valence-corrected chi connectivity index (χ0v) is 13.1. The van der Waals surface area contributed by atoms with E-state index < -0.39 is 0 Å². The topological polar surface area (TPSA) is 59.9 Å². The second kappa shape index (κ2) is 7.19. The lowest BCUT2D eigenvalue weighted by Gasteiger charge is -2.08. The Morgan fingerprint density at radius 1 is 1.10 bits per heavy atom. The van der Waals surface area contributed by atoms with Crippen LogP contribution in [-0.4, -0.2) is 28.1 Å². The SMILES string of the molecule is CCCNc1nc(OCC)nc(-c2ccc(Br)cc2)n1. The van der Waals surface area contributed by atoms with E-state index in [1.807, 2.05) is 31.2 Å². The second-order valence-electron chi connectivity index (χ2n) is 4.13. The Labute approximate surface area is 127 Å². The van der Waals surface area contributed by atoms with Crippen LogP contribution >= 0.6 is 15.9 Å².